The van der Waals surface area contributed by atoms with E-state index < -0.39 is 56.6 Å². The largest absolute Gasteiger partial charge is 0.462 e. The molecule has 0 aliphatic carbocycles. The predicted molar refractivity (Wildman–Crippen MR) is 141 cm³/mol. The van der Waals surface area contributed by atoms with Gasteiger partial charge in [-0.2, -0.15) is 10.1 Å². The Morgan fingerprint density at radius 2 is 2.05 bits per heavy atom. The number of imidazole rings is 1. The molecule has 4 rings (SSSR count). The molecule has 1 aromatic carbocycles. The molecule has 13 nitrogen and oxygen atoms in total. The van der Waals surface area contributed by atoms with Gasteiger partial charge in [-0.1, -0.05) is 24.1 Å². The highest BCUT2D eigenvalue weighted by Crippen LogP contribution is 2.48. The first kappa shape index (κ1) is 29.4. The lowest BCUT2D eigenvalue weighted by Gasteiger charge is -2.25. The van der Waals surface area contributed by atoms with E-state index in [4.69, 9.17) is 24.3 Å². The van der Waals surface area contributed by atoms with Crippen molar-refractivity contribution in [1.29, 1.82) is 0 Å². The number of nitrogens with one attached hydrogen (secondary N) is 1. The van der Waals surface area contributed by atoms with E-state index in [1.165, 1.54) is 43.1 Å². The minimum Gasteiger partial charge on any atom is -0.462 e. The lowest BCUT2D eigenvalue weighted by Crippen LogP contribution is -2.42. The second kappa shape index (κ2) is 11.9. The monoisotopic (exact) mass is 576 g/mol. The van der Waals surface area contributed by atoms with Crippen LogP contribution in [0, 0.1) is 11.8 Å². The van der Waals surface area contributed by atoms with Crippen molar-refractivity contribution in [2.75, 3.05) is 12.3 Å². The van der Waals surface area contributed by atoms with Gasteiger partial charge in [0, 0.05) is 0 Å². The fourth-order valence-electron chi connectivity index (χ4n) is 4.00. The standard InChI is InChI=1S/C25H30FN6O7P/c1-5-11-25(26)20(33)19(38-23(25)32-14-29-18-12-28-24(27)30-21(18)32)13-36-40(35,39-17-9-7-6-8-10-17)31-16(4)22(34)37-15(2)3/h6-10,12,14-16,19-20,23,33H,13H2,1-4H3,(H,31,35)(H2,27,28,30)/t16-,19+,20-,23+,25?,40?/m0/s1. The van der Waals surface area contributed by atoms with E-state index >= 15 is 4.39 Å². The molecule has 0 amide bonds. The molecule has 0 radical (unpaired) electrons. The van der Waals surface area contributed by atoms with Crippen LogP contribution in [0.2, 0.25) is 0 Å². The summed E-state index contributed by atoms with van der Waals surface area (Å²) < 4.78 is 53.6. The summed E-state index contributed by atoms with van der Waals surface area (Å²) in [7, 11) is -4.31. The Bertz CT molecular complexity index is 1460. The third kappa shape index (κ3) is 6.24. The van der Waals surface area contributed by atoms with E-state index in [-0.39, 0.29) is 17.3 Å². The maximum atomic E-state index is 16.3. The van der Waals surface area contributed by atoms with Crippen molar-refractivity contribution in [2.24, 2.45) is 0 Å². The Kier molecular flexibility index (Phi) is 8.72. The van der Waals surface area contributed by atoms with Crippen molar-refractivity contribution in [3.8, 4) is 17.6 Å². The van der Waals surface area contributed by atoms with E-state index in [0.29, 0.717) is 5.52 Å². The van der Waals surface area contributed by atoms with Gasteiger partial charge in [0.15, 0.2) is 11.9 Å². The van der Waals surface area contributed by atoms with Crippen LogP contribution in [-0.2, 0) is 23.4 Å². The number of ether oxygens (including phenoxy) is 2. The summed E-state index contributed by atoms with van der Waals surface area (Å²) in [5, 5.41) is 13.5. The number of para-hydroxylation sites is 1. The molecule has 3 aromatic rings. The smallest absolute Gasteiger partial charge is 0.459 e. The summed E-state index contributed by atoms with van der Waals surface area (Å²) in [5.74, 6) is 4.25. The van der Waals surface area contributed by atoms with Gasteiger partial charge in [0.2, 0.25) is 11.6 Å². The second-order valence-corrected chi connectivity index (χ2v) is 10.9. The first-order chi connectivity index (χ1) is 19.0. The summed E-state index contributed by atoms with van der Waals surface area (Å²) in [6, 6.07) is 6.99. The molecule has 2 unspecified atom stereocenters. The molecule has 0 saturated carbocycles. The fraction of sp³-hybridized carbons (Fsp3) is 0.440. The van der Waals surface area contributed by atoms with E-state index in [1.807, 2.05) is 0 Å². The Morgan fingerprint density at radius 1 is 1.32 bits per heavy atom. The first-order valence-electron chi connectivity index (χ1n) is 12.3. The van der Waals surface area contributed by atoms with Gasteiger partial charge >= 0.3 is 13.7 Å². The number of rotatable bonds is 10. The molecular weight excluding hydrogens is 546 g/mol. The van der Waals surface area contributed by atoms with Gasteiger partial charge in [-0.25, -0.2) is 18.9 Å². The van der Waals surface area contributed by atoms with Crippen LogP contribution < -0.4 is 15.3 Å². The average Bonchev–Trinajstić information content (AvgIpc) is 3.41. The van der Waals surface area contributed by atoms with Crippen molar-refractivity contribution in [3.63, 3.8) is 0 Å². The van der Waals surface area contributed by atoms with Crippen molar-refractivity contribution in [3.05, 3.63) is 42.9 Å². The van der Waals surface area contributed by atoms with Crippen LogP contribution in [0.5, 0.6) is 5.75 Å². The number of alkyl halides is 1. The Hall–Kier alpha value is -3.60. The molecule has 0 spiro atoms. The number of aromatic nitrogens is 4. The number of aliphatic hydroxyl groups is 1. The van der Waals surface area contributed by atoms with Crippen molar-refractivity contribution < 1.29 is 37.4 Å². The third-order valence-electron chi connectivity index (χ3n) is 5.78. The van der Waals surface area contributed by atoms with Gasteiger partial charge in [-0.15, -0.1) is 5.92 Å². The normalized spacial score (nSPS) is 24.7. The number of carbonyl (C=O) groups excluding carboxylic acids is 1. The van der Waals surface area contributed by atoms with E-state index in [1.54, 1.807) is 32.0 Å². The maximum Gasteiger partial charge on any atom is 0.459 e. The molecule has 1 aliphatic heterocycles. The van der Waals surface area contributed by atoms with Gasteiger partial charge < -0.3 is 24.8 Å². The number of aliphatic hydroxyl groups excluding tert-OH is 1. The lowest BCUT2D eigenvalue weighted by atomic mass is 9.96. The maximum absolute atomic E-state index is 16.3. The number of anilines is 1. The minimum atomic E-state index is -4.31. The molecule has 15 heteroatoms. The number of halogens is 1. The van der Waals surface area contributed by atoms with Gasteiger partial charge in [0.05, 0.1) is 25.2 Å². The van der Waals surface area contributed by atoms with Crippen molar-refractivity contribution in [2.45, 2.75) is 63.9 Å². The SMILES string of the molecule is CC#CC1(F)[C@@H](O)[C@@H](COP(=O)(N[C@@H](C)C(=O)OC(C)C)Oc2ccccc2)O[C@H]1n1cnc2cnc(N)nc21. The highest BCUT2D eigenvalue weighted by atomic mass is 31.2. The quantitative estimate of drug-likeness (QED) is 0.183. The molecular formula is C25H30FN6O7P. The van der Waals surface area contributed by atoms with Crippen LogP contribution in [0.1, 0.15) is 33.9 Å². The number of esters is 1. The van der Waals surface area contributed by atoms with Gasteiger partial charge in [-0.3, -0.25) is 13.9 Å². The molecule has 1 fully saturated rings. The second-order valence-electron chi connectivity index (χ2n) is 9.24. The van der Waals surface area contributed by atoms with E-state index in [0.717, 1.165) is 0 Å². The average molecular weight is 577 g/mol. The lowest BCUT2D eigenvalue weighted by molar-refractivity contribution is -0.149. The molecule has 2 aromatic heterocycles. The van der Waals surface area contributed by atoms with Crippen molar-refractivity contribution >= 4 is 30.8 Å². The number of nitrogen functional groups attached to an aromatic ring is 1. The Morgan fingerprint density at radius 3 is 2.73 bits per heavy atom. The number of benzene rings is 1. The highest BCUT2D eigenvalue weighted by Gasteiger charge is 2.58. The topological polar surface area (TPSA) is 173 Å². The predicted octanol–water partition coefficient (Wildman–Crippen LogP) is 2.53. The summed E-state index contributed by atoms with van der Waals surface area (Å²) in [6.07, 6.45) is -2.54. The van der Waals surface area contributed by atoms with Crippen molar-refractivity contribution in [1.82, 2.24) is 24.6 Å². The van der Waals surface area contributed by atoms with E-state index in [9.17, 15) is 14.5 Å². The van der Waals surface area contributed by atoms with Gasteiger partial charge in [-0.05, 0) is 39.8 Å². The van der Waals surface area contributed by atoms with Crippen LogP contribution in [0.4, 0.5) is 10.3 Å². The highest BCUT2D eigenvalue weighted by molar-refractivity contribution is 7.52. The molecule has 1 aliphatic rings. The zero-order valence-electron chi connectivity index (χ0n) is 22.2. The van der Waals surface area contributed by atoms with E-state index in [2.05, 4.69) is 31.9 Å². The number of nitrogens with two attached hydrogens (primary N) is 1. The molecule has 214 valence electrons. The Balaban J connectivity index is 1.59. The first-order valence-corrected chi connectivity index (χ1v) is 13.9. The van der Waals surface area contributed by atoms with Crippen LogP contribution in [0.25, 0.3) is 11.2 Å². The molecule has 40 heavy (non-hydrogen) atoms. The number of hydrogen-bond acceptors (Lipinski definition) is 11. The molecule has 1 saturated heterocycles. The number of carbonyl (C=O) groups is 1. The van der Waals surface area contributed by atoms with Crippen LogP contribution >= 0.6 is 7.75 Å². The van der Waals surface area contributed by atoms with Gasteiger partial charge in [0.25, 0.3) is 0 Å². The zero-order chi connectivity index (χ0) is 29.1. The number of nitrogens with zero attached hydrogens (tertiary/aromatic N) is 4. The van der Waals surface area contributed by atoms with Gasteiger partial charge in [0.1, 0.15) is 29.5 Å². The number of hydrogen-bond donors (Lipinski definition) is 3. The summed E-state index contributed by atoms with van der Waals surface area (Å²) in [4.78, 5) is 24.5. The minimum absolute atomic E-state index is 0.0751. The molecule has 3 heterocycles. The zero-order valence-corrected chi connectivity index (χ0v) is 23.1. The summed E-state index contributed by atoms with van der Waals surface area (Å²) >= 11 is 0. The van der Waals surface area contributed by atoms with Crippen LogP contribution in [0.3, 0.4) is 0 Å². The number of fused-ring (bicyclic) bond motifs is 1. The Labute approximate surface area is 229 Å². The summed E-state index contributed by atoms with van der Waals surface area (Å²) in [6.45, 7) is 5.56. The molecule has 4 N–H and O–H groups in total. The summed E-state index contributed by atoms with van der Waals surface area (Å²) in [5.41, 5.74) is 3.53. The van der Waals surface area contributed by atoms with Crippen LogP contribution in [0.15, 0.2) is 42.9 Å². The van der Waals surface area contributed by atoms with Crippen LogP contribution in [-0.4, -0.2) is 67.2 Å². The molecule has 6 atom stereocenters. The fourth-order valence-corrected chi connectivity index (χ4v) is 5.50. The molecule has 0 bridgehead atoms. The third-order valence-corrected chi connectivity index (χ3v) is 7.43.